The van der Waals surface area contributed by atoms with E-state index in [2.05, 4.69) is 10.6 Å². The molecule has 2 N–H and O–H groups in total. The molecule has 3 amide bonds. The number of piperidine rings is 2. The summed E-state index contributed by atoms with van der Waals surface area (Å²) in [5.41, 5.74) is 0.231. The molecule has 32 heavy (non-hydrogen) atoms. The molecule has 2 aliphatic heterocycles. The van der Waals surface area contributed by atoms with Crippen molar-refractivity contribution >= 4 is 17.7 Å². The molecule has 4 rings (SSSR count). The molecule has 2 fully saturated rings. The van der Waals surface area contributed by atoms with Crippen molar-refractivity contribution in [1.29, 1.82) is 0 Å². The van der Waals surface area contributed by atoms with Crippen LogP contribution in [0.1, 0.15) is 35.2 Å². The van der Waals surface area contributed by atoms with E-state index in [-0.39, 0.29) is 48.0 Å². The van der Waals surface area contributed by atoms with Crippen LogP contribution in [0.4, 0.5) is 4.39 Å². The quantitative estimate of drug-likeness (QED) is 0.748. The van der Waals surface area contributed by atoms with E-state index in [4.69, 9.17) is 4.74 Å². The predicted molar refractivity (Wildman–Crippen MR) is 115 cm³/mol. The number of likely N-dealkylation sites (tertiary alicyclic amines) is 1. The smallest absolute Gasteiger partial charge is 0.253 e. The van der Waals surface area contributed by atoms with Gasteiger partial charge in [-0.2, -0.15) is 0 Å². The number of halogens is 1. The molecular weight excluding hydrogens is 413 g/mol. The number of benzene rings is 2. The molecule has 0 radical (unpaired) electrons. The van der Waals surface area contributed by atoms with E-state index >= 15 is 0 Å². The van der Waals surface area contributed by atoms with Crippen molar-refractivity contribution in [3.05, 3.63) is 65.5 Å². The third-order valence-electron chi connectivity index (χ3n) is 6.40. The number of amides is 3. The highest BCUT2D eigenvalue weighted by Crippen LogP contribution is 2.39. The Kier molecular flexibility index (Phi) is 6.12. The van der Waals surface area contributed by atoms with Gasteiger partial charge in [-0.1, -0.05) is 30.3 Å². The van der Waals surface area contributed by atoms with Crippen molar-refractivity contribution in [2.45, 2.75) is 31.8 Å². The van der Waals surface area contributed by atoms with E-state index in [0.29, 0.717) is 25.9 Å². The molecule has 8 heteroatoms. The molecule has 0 saturated carbocycles. The Balaban J connectivity index is 1.55. The van der Waals surface area contributed by atoms with Gasteiger partial charge < -0.3 is 20.3 Å². The molecule has 2 saturated heterocycles. The van der Waals surface area contributed by atoms with E-state index in [1.165, 1.54) is 19.2 Å². The zero-order valence-corrected chi connectivity index (χ0v) is 17.9. The number of hydrogen-bond acceptors (Lipinski definition) is 4. The molecule has 0 aromatic heterocycles. The summed E-state index contributed by atoms with van der Waals surface area (Å²) in [6.45, 7) is 0.885. The summed E-state index contributed by atoms with van der Waals surface area (Å²) in [5.74, 6) is -1.18. The lowest BCUT2D eigenvalue weighted by Crippen LogP contribution is -2.66. The molecule has 2 aromatic carbocycles. The number of fused-ring (bicyclic) bond motifs is 1. The van der Waals surface area contributed by atoms with Gasteiger partial charge in [0.15, 0.2) is 11.6 Å². The summed E-state index contributed by atoms with van der Waals surface area (Å²) < 4.78 is 19.1. The zero-order valence-electron chi connectivity index (χ0n) is 17.9. The summed E-state index contributed by atoms with van der Waals surface area (Å²) in [7, 11) is 1.36. The zero-order chi connectivity index (χ0) is 22.7. The summed E-state index contributed by atoms with van der Waals surface area (Å²) in [6.07, 6.45) is 1.02. The second-order valence-corrected chi connectivity index (χ2v) is 8.31. The standard InChI is InChI=1S/C24H26FN3O4/c1-32-19-8-7-17(13-18(19)25)22(30)28-12-10-20-24(15-28,11-9-21(29)27-20)23(31)26-14-16-5-3-2-4-6-16/h2-8,13,20H,9-12,14-15H2,1H3,(H,26,31)(H,27,29)/t20-,24+/m1/s1. The first-order valence-corrected chi connectivity index (χ1v) is 10.7. The molecular formula is C24H26FN3O4. The van der Waals surface area contributed by atoms with Crippen LogP contribution in [0.3, 0.4) is 0 Å². The second-order valence-electron chi connectivity index (χ2n) is 8.31. The van der Waals surface area contributed by atoms with E-state index in [1.807, 2.05) is 30.3 Å². The number of carbonyl (C=O) groups is 3. The molecule has 2 aromatic rings. The SMILES string of the molecule is COc1ccc(C(=O)N2CC[C@H]3NC(=O)CC[C@]3(C(=O)NCc3ccccc3)C2)cc1F. The second kappa shape index (κ2) is 8.98. The number of hydrogen-bond donors (Lipinski definition) is 2. The van der Waals surface area contributed by atoms with Gasteiger partial charge in [-0.3, -0.25) is 14.4 Å². The first-order chi connectivity index (χ1) is 15.4. The number of methoxy groups -OCH3 is 1. The number of nitrogens with zero attached hydrogens (tertiary/aromatic N) is 1. The van der Waals surface area contributed by atoms with Crippen LogP contribution in [-0.2, 0) is 16.1 Å². The fraction of sp³-hybridized carbons (Fsp3) is 0.375. The third kappa shape index (κ3) is 4.17. The van der Waals surface area contributed by atoms with Gasteiger partial charge in [0, 0.05) is 37.7 Å². The molecule has 0 aliphatic carbocycles. The Labute approximate surface area is 185 Å². The topological polar surface area (TPSA) is 87.7 Å². The minimum atomic E-state index is -0.929. The largest absolute Gasteiger partial charge is 0.494 e. The molecule has 2 aliphatic rings. The highest BCUT2D eigenvalue weighted by molar-refractivity contribution is 5.96. The van der Waals surface area contributed by atoms with Gasteiger partial charge in [-0.15, -0.1) is 0 Å². The summed E-state index contributed by atoms with van der Waals surface area (Å²) in [6, 6.07) is 13.3. The van der Waals surface area contributed by atoms with Crippen LogP contribution in [0, 0.1) is 11.2 Å². The maximum atomic E-state index is 14.1. The van der Waals surface area contributed by atoms with Crippen molar-refractivity contribution in [2.24, 2.45) is 5.41 Å². The van der Waals surface area contributed by atoms with Gasteiger partial charge in [0.05, 0.1) is 12.5 Å². The molecule has 2 heterocycles. The highest BCUT2D eigenvalue weighted by atomic mass is 19.1. The van der Waals surface area contributed by atoms with Crippen molar-refractivity contribution in [3.63, 3.8) is 0 Å². The van der Waals surface area contributed by atoms with Gasteiger partial charge in [-0.05, 0) is 36.6 Å². The Morgan fingerprint density at radius 2 is 2.03 bits per heavy atom. The molecule has 0 unspecified atom stereocenters. The van der Waals surface area contributed by atoms with Crippen LogP contribution >= 0.6 is 0 Å². The maximum Gasteiger partial charge on any atom is 0.253 e. The van der Waals surface area contributed by atoms with Gasteiger partial charge in [0.2, 0.25) is 11.8 Å². The van der Waals surface area contributed by atoms with E-state index in [9.17, 15) is 18.8 Å². The summed E-state index contributed by atoms with van der Waals surface area (Å²) in [4.78, 5) is 40.1. The predicted octanol–water partition coefficient (Wildman–Crippen LogP) is 2.26. The minimum absolute atomic E-state index is 0.0620. The average Bonchev–Trinajstić information content (AvgIpc) is 2.82. The van der Waals surface area contributed by atoms with Gasteiger partial charge >= 0.3 is 0 Å². The number of nitrogens with one attached hydrogen (secondary N) is 2. The summed E-state index contributed by atoms with van der Waals surface area (Å²) in [5, 5.41) is 5.94. The fourth-order valence-electron chi connectivity index (χ4n) is 4.61. The Morgan fingerprint density at radius 3 is 2.75 bits per heavy atom. The van der Waals surface area contributed by atoms with Gasteiger partial charge in [-0.25, -0.2) is 4.39 Å². The van der Waals surface area contributed by atoms with Crippen LogP contribution in [0.5, 0.6) is 5.75 Å². The molecule has 168 valence electrons. The lowest BCUT2D eigenvalue weighted by Gasteiger charge is -2.49. The Bertz CT molecular complexity index is 1030. The van der Waals surface area contributed by atoms with Crippen LogP contribution in [0.15, 0.2) is 48.5 Å². The lowest BCUT2D eigenvalue weighted by atomic mass is 9.69. The van der Waals surface area contributed by atoms with Crippen LogP contribution in [0.2, 0.25) is 0 Å². The fourth-order valence-corrected chi connectivity index (χ4v) is 4.61. The van der Waals surface area contributed by atoms with E-state index in [0.717, 1.165) is 11.6 Å². The first kappa shape index (κ1) is 21.8. The molecule has 7 nitrogen and oxygen atoms in total. The van der Waals surface area contributed by atoms with Crippen LogP contribution in [-0.4, -0.2) is 48.9 Å². The van der Waals surface area contributed by atoms with Gasteiger partial charge in [0.25, 0.3) is 5.91 Å². The lowest BCUT2D eigenvalue weighted by molar-refractivity contribution is -0.142. The Morgan fingerprint density at radius 1 is 1.25 bits per heavy atom. The van der Waals surface area contributed by atoms with Crippen molar-refractivity contribution < 1.29 is 23.5 Å². The molecule has 2 atom stereocenters. The third-order valence-corrected chi connectivity index (χ3v) is 6.40. The van der Waals surface area contributed by atoms with Crippen molar-refractivity contribution in [1.82, 2.24) is 15.5 Å². The normalized spacial score (nSPS) is 22.5. The van der Waals surface area contributed by atoms with Crippen molar-refractivity contribution in [2.75, 3.05) is 20.2 Å². The maximum absolute atomic E-state index is 14.1. The minimum Gasteiger partial charge on any atom is -0.494 e. The monoisotopic (exact) mass is 439 g/mol. The van der Waals surface area contributed by atoms with Crippen LogP contribution < -0.4 is 15.4 Å². The number of rotatable bonds is 5. The molecule has 0 bridgehead atoms. The van der Waals surface area contributed by atoms with E-state index in [1.54, 1.807) is 4.90 Å². The van der Waals surface area contributed by atoms with Crippen molar-refractivity contribution in [3.8, 4) is 5.75 Å². The number of ether oxygens (including phenoxy) is 1. The van der Waals surface area contributed by atoms with Crippen LogP contribution in [0.25, 0.3) is 0 Å². The first-order valence-electron chi connectivity index (χ1n) is 10.7. The Hall–Kier alpha value is -3.42. The van der Waals surface area contributed by atoms with Gasteiger partial charge in [0.1, 0.15) is 0 Å². The highest BCUT2D eigenvalue weighted by Gasteiger charge is 2.52. The summed E-state index contributed by atoms with van der Waals surface area (Å²) >= 11 is 0. The van der Waals surface area contributed by atoms with E-state index < -0.39 is 11.2 Å². The average molecular weight is 439 g/mol. The molecule has 0 spiro atoms. The number of carbonyl (C=O) groups excluding carboxylic acids is 3.